The number of hydrogen-bond acceptors (Lipinski definition) is 5. The average molecular weight is 533 g/mol. The second-order valence-electron chi connectivity index (χ2n) is 11.3. The second-order valence-corrected chi connectivity index (χ2v) is 12.6. The highest BCUT2D eigenvalue weighted by atomic mass is 32.2. The van der Waals surface area contributed by atoms with Crippen molar-refractivity contribution in [1.82, 2.24) is 14.7 Å². The Hall–Kier alpha value is -3.39. The SMILES string of the molecule is CC(C)Cn1nc(S(=O)c2cccc3ccccc23)c2cc(N3CCN(C(=O)OC(C)(C)C)CC3)ccc21. The zero-order valence-electron chi connectivity index (χ0n) is 22.8. The molecule has 1 amide bonds. The van der Waals surface area contributed by atoms with Crippen molar-refractivity contribution in [3.8, 4) is 0 Å². The Kier molecular flexibility index (Phi) is 7.18. The molecular formula is C30H36N4O3S. The maximum absolute atomic E-state index is 14.1. The molecule has 2 heterocycles. The lowest BCUT2D eigenvalue weighted by Crippen LogP contribution is -2.50. The van der Waals surface area contributed by atoms with Gasteiger partial charge >= 0.3 is 6.09 Å². The van der Waals surface area contributed by atoms with E-state index in [0.717, 1.165) is 38.8 Å². The summed E-state index contributed by atoms with van der Waals surface area (Å²) in [6.45, 7) is 13.3. The van der Waals surface area contributed by atoms with Crippen molar-refractivity contribution in [1.29, 1.82) is 0 Å². The molecule has 200 valence electrons. The van der Waals surface area contributed by atoms with Crippen molar-refractivity contribution in [2.75, 3.05) is 31.1 Å². The van der Waals surface area contributed by atoms with Crippen LogP contribution in [0.1, 0.15) is 34.6 Å². The molecule has 38 heavy (non-hydrogen) atoms. The van der Waals surface area contributed by atoms with E-state index in [1.807, 2.05) is 67.9 Å². The van der Waals surface area contributed by atoms with Crippen LogP contribution in [0.25, 0.3) is 21.7 Å². The zero-order valence-corrected chi connectivity index (χ0v) is 23.6. The van der Waals surface area contributed by atoms with Crippen LogP contribution in [0.15, 0.2) is 70.6 Å². The van der Waals surface area contributed by atoms with Crippen LogP contribution in [0, 0.1) is 5.92 Å². The van der Waals surface area contributed by atoms with E-state index in [0.29, 0.717) is 37.1 Å². The average Bonchev–Trinajstić information content (AvgIpc) is 3.24. The molecule has 0 saturated carbocycles. The molecule has 0 bridgehead atoms. The van der Waals surface area contributed by atoms with Crippen LogP contribution < -0.4 is 4.90 Å². The van der Waals surface area contributed by atoms with Crippen LogP contribution in [0.5, 0.6) is 0 Å². The van der Waals surface area contributed by atoms with Crippen LogP contribution in [-0.4, -0.2) is 56.8 Å². The van der Waals surface area contributed by atoms with E-state index in [-0.39, 0.29) is 6.09 Å². The molecule has 0 aliphatic carbocycles. The lowest BCUT2D eigenvalue weighted by molar-refractivity contribution is 0.0240. The van der Waals surface area contributed by atoms with E-state index in [1.165, 1.54) is 0 Å². The van der Waals surface area contributed by atoms with E-state index in [1.54, 1.807) is 4.90 Å². The summed E-state index contributed by atoms with van der Waals surface area (Å²) >= 11 is 0. The number of rotatable bonds is 5. The second kappa shape index (κ2) is 10.4. The molecule has 0 radical (unpaired) electrons. The van der Waals surface area contributed by atoms with Crippen LogP contribution >= 0.6 is 0 Å². The fourth-order valence-corrected chi connectivity index (χ4v) is 6.22. The van der Waals surface area contributed by atoms with Gasteiger partial charge in [0.2, 0.25) is 0 Å². The molecule has 1 atom stereocenters. The Bertz CT molecular complexity index is 1490. The minimum atomic E-state index is -1.44. The van der Waals surface area contributed by atoms with Crippen molar-refractivity contribution in [2.45, 2.75) is 56.7 Å². The van der Waals surface area contributed by atoms with Crippen molar-refractivity contribution >= 4 is 44.3 Å². The molecule has 1 aromatic heterocycles. The van der Waals surface area contributed by atoms with E-state index in [4.69, 9.17) is 9.84 Å². The summed E-state index contributed by atoms with van der Waals surface area (Å²) in [6.07, 6.45) is -0.268. The first-order chi connectivity index (χ1) is 18.1. The highest BCUT2D eigenvalue weighted by Crippen LogP contribution is 2.32. The highest BCUT2D eigenvalue weighted by Gasteiger charge is 2.27. The lowest BCUT2D eigenvalue weighted by Gasteiger charge is -2.36. The quantitative estimate of drug-likeness (QED) is 0.312. The first kappa shape index (κ1) is 26.2. The Morgan fingerprint density at radius 3 is 2.39 bits per heavy atom. The Labute approximate surface area is 226 Å². The van der Waals surface area contributed by atoms with Gasteiger partial charge in [-0.15, -0.1) is 0 Å². The summed E-state index contributed by atoms with van der Waals surface area (Å²) in [5.74, 6) is 0.401. The molecule has 1 aliphatic heterocycles. The van der Waals surface area contributed by atoms with Crippen molar-refractivity contribution in [3.05, 3.63) is 60.7 Å². The molecule has 3 aromatic carbocycles. The smallest absolute Gasteiger partial charge is 0.410 e. The van der Waals surface area contributed by atoms with Gasteiger partial charge in [-0.2, -0.15) is 5.10 Å². The number of hydrogen-bond donors (Lipinski definition) is 0. The number of ether oxygens (including phenoxy) is 1. The van der Waals surface area contributed by atoms with Gasteiger partial charge in [0.25, 0.3) is 0 Å². The normalized spacial score (nSPS) is 15.4. The number of aromatic nitrogens is 2. The van der Waals surface area contributed by atoms with Gasteiger partial charge in [-0.1, -0.05) is 50.2 Å². The molecule has 8 heteroatoms. The van der Waals surface area contributed by atoms with Gasteiger partial charge in [0.15, 0.2) is 5.03 Å². The van der Waals surface area contributed by atoms with Gasteiger partial charge in [0.1, 0.15) is 16.4 Å². The molecule has 0 spiro atoms. The van der Waals surface area contributed by atoms with Crippen molar-refractivity contribution in [2.24, 2.45) is 5.92 Å². The van der Waals surface area contributed by atoms with E-state index < -0.39 is 16.4 Å². The predicted molar refractivity (Wildman–Crippen MR) is 153 cm³/mol. The van der Waals surface area contributed by atoms with Gasteiger partial charge in [0.05, 0.1) is 10.4 Å². The number of anilines is 1. The molecule has 0 N–H and O–H groups in total. The minimum absolute atomic E-state index is 0.268. The number of benzene rings is 3. The third kappa shape index (κ3) is 5.41. The largest absolute Gasteiger partial charge is 0.444 e. The summed E-state index contributed by atoms with van der Waals surface area (Å²) in [4.78, 5) is 17.3. The Balaban J connectivity index is 1.47. The number of fused-ring (bicyclic) bond motifs is 2. The standard InChI is InChI=1S/C30H36N4O3S/c1-21(2)20-34-26-14-13-23(32-15-17-33(18-16-32)29(35)37-30(3,4)5)19-25(26)28(31-34)38(36)27-12-8-10-22-9-6-7-11-24(22)27/h6-14,19,21H,15-18,20H2,1-5H3. The maximum Gasteiger partial charge on any atom is 0.410 e. The first-order valence-electron chi connectivity index (χ1n) is 13.2. The molecule has 1 fully saturated rings. The Morgan fingerprint density at radius 1 is 0.974 bits per heavy atom. The van der Waals surface area contributed by atoms with Crippen molar-refractivity contribution < 1.29 is 13.7 Å². The first-order valence-corrected chi connectivity index (χ1v) is 14.4. The van der Waals surface area contributed by atoms with Crippen LogP contribution in [0.4, 0.5) is 10.5 Å². The summed E-state index contributed by atoms with van der Waals surface area (Å²) in [7, 11) is -1.44. The molecule has 1 saturated heterocycles. The van der Waals surface area contributed by atoms with E-state index in [9.17, 15) is 9.00 Å². The predicted octanol–water partition coefficient (Wildman–Crippen LogP) is 6.07. The number of amides is 1. The molecule has 7 nitrogen and oxygen atoms in total. The minimum Gasteiger partial charge on any atom is -0.444 e. The summed E-state index contributed by atoms with van der Waals surface area (Å²) in [5.41, 5.74) is 1.52. The summed E-state index contributed by atoms with van der Waals surface area (Å²) < 4.78 is 21.6. The van der Waals surface area contributed by atoms with E-state index in [2.05, 4.69) is 36.9 Å². The number of nitrogens with zero attached hydrogens (tertiary/aromatic N) is 4. The van der Waals surface area contributed by atoms with Crippen LogP contribution in [0.2, 0.25) is 0 Å². The molecule has 5 rings (SSSR count). The monoisotopic (exact) mass is 532 g/mol. The van der Waals surface area contributed by atoms with Crippen molar-refractivity contribution in [3.63, 3.8) is 0 Å². The fraction of sp³-hybridized carbons (Fsp3) is 0.400. The number of carbonyl (C=O) groups is 1. The Morgan fingerprint density at radius 2 is 1.68 bits per heavy atom. The zero-order chi connectivity index (χ0) is 27.0. The molecular weight excluding hydrogens is 496 g/mol. The topological polar surface area (TPSA) is 67.7 Å². The van der Waals surface area contributed by atoms with Gasteiger partial charge in [-0.3, -0.25) is 4.68 Å². The van der Waals surface area contributed by atoms with Crippen LogP contribution in [0.3, 0.4) is 0 Å². The summed E-state index contributed by atoms with van der Waals surface area (Å²) in [6, 6.07) is 20.3. The molecule has 1 aliphatic rings. The maximum atomic E-state index is 14.1. The van der Waals surface area contributed by atoms with Gasteiger partial charge in [-0.25, -0.2) is 9.00 Å². The number of carbonyl (C=O) groups excluding carboxylic acids is 1. The molecule has 4 aromatic rings. The lowest BCUT2D eigenvalue weighted by atomic mass is 10.1. The third-order valence-corrected chi connectivity index (χ3v) is 8.07. The molecule has 1 unspecified atom stereocenters. The third-order valence-electron chi connectivity index (χ3n) is 6.66. The van der Waals surface area contributed by atoms with Crippen LogP contribution in [-0.2, 0) is 22.1 Å². The fourth-order valence-electron chi connectivity index (χ4n) is 4.89. The van der Waals surface area contributed by atoms with Gasteiger partial charge in [0, 0.05) is 43.8 Å². The van der Waals surface area contributed by atoms with Gasteiger partial charge < -0.3 is 14.5 Å². The van der Waals surface area contributed by atoms with E-state index >= 15 is 0 Å². The number of piperazine rings is 1. The highest BCUT2D eigenvalue weighted by molar-refractivity contribution is 7.85. The summed E-state index contributed by atoms with van der Waals surface area (Å²) in [5, 5.41) is 8.44. The van der Waals surface area contributed by atoms with Gasteiger partial charge in [-0.05, 0) is 61.7 Å².